The molecule has 1 aromatic rings. The highest BCUT2D eigenvalue weighted by Gasteiger charge is 2.71. The molecule has 1 aromatic carbocycles. The zero-order chi connectivity index (χ0) is 31.6. The molecule has 238 valence electrons. The monoisotopic (exact) mass is 607 g/mol. The maximum absolute atomic E-state index is 14.4. The Bertz CT molecular complexity index is 1300. The minimum atomic E-state index is -1.35. The summed E-state index contributed by atoms with van der Waals surface area (Å²) in [7, 11) is 1.71. The largest absolute Gasteiger partial charge is 0.455 e. The fourth-order valence-electron chi connectivity index (χ4n) is 7.18. The van der Waals surface area contributed by atoms with E-state index in [-0.39, 0.29) is 36.8 Å². The number of hydrogen-bond donors (Lipinski definition) is 1. The zero-order valence-corrected chi connectivity index (χ0v) is 26.1. The summed E-state index contributed by atoms with van der Waals surface area (Å²) in [6, 6.07) is 7.80. The lowest BCUT2D eigenvalue weighted by Crippen LogP contribution is -2.56. The second kappa shape index (κ2) is 13.2. The molecule has 4 aliphatic rings. The number of carbonyl (C=O) groups is 4. The summed E-state index contributed by atoms with van der Waals surface area (Å²) in [5.41, 5.74) is -0.613. The quantitative estimate of drug-likeness (QED) is 0.288. The topological polar surface area (TPSA) is 117 Å². The van der Waals surface area contributed by atoms with Gasteiger partial charge >= 0.3 is 5.97 Å². The number of aliphatic hydroxyl groups excluding tert-OH is 1. The number of cyclic esters (lactones) is 1. The van der Waals surface area contributed by atoms with Gasteiger partial charge in [0.1, 0.15) is 23.7 Å². The Morgan fingerprint density at radius 1 is 1.02 bits per heavy atom. The van der Waals surface area contributed by atoms with Crippen molar-refractivity contribution in [2.45, 2.75) is 88.8 Å². The van der Waals surface area contributed by atoms with Gasteiger partial charge in [-0.25, -0.2) is 0 Å². The number of benzene rings is 1. The number of nitrogens with zero attached hydrogens (tertiary/aromatic N) is 3. The van der Waals surface area contributed by atoms with Crippen LogP contribution in [0.2, 0.25) is 0 Å². The van der Waals surface area contributed by atoms with Gasteiger partial charge in [0.15, 0.2) is 0 Å². The Balaban J connectivity index is 1.58. The average Bonchev–Trinajstić information content (AvgIpc) is 3.39. The zero-order valence-electron chi connectivity index (χ0n) is 26.1. The van der Waals surface area contributed by atoms with Crippen LogP contribution in [0.15, 0.2) is 54.6 Å². The van der Waals surface area contributed by atoms with Gasteiger partial charge in [0.25, 0.3) is 0 Å². The Hall–Kier alpha value is -3.50. The first-order valence-electron chi connectivity index (χ1n) is 15.9. The van der Waals surface area contributed by atoms with Crippen LogP contribution in [0.3, 0.4) is 0 Å². The van der Waals surface area contributed by atoms with Crippen LogP contribution in [0.1, 0.15) is 64.5 Å². The van der Waals surface area contributed by atoms with Crippen LogP contribution in [0.5, 0.6) is 0 Å². The molecule has 2 fully saturated rings. The molecule has 0 bridgehead atoms. The van der Waals surface area contributed by atoms with Crippen LogP contribution in [0, 0.1) is 11.8 Å². The van der Waals surface area contributed by atoms with E-state index in [1.807, 2.05) is 69.3 Å². The molecule has 3 amide bonds. The van der Waals surface area contributed by atoms with Crippen molar-refractivity contribution in [3.8, 4) is 0 Å². The Labute approximate surface area is 259 Å². The van der Waals surface area contributed by atoms with Gasteiger partial charge in [-0.2, -0.15) is 0 Å². The Morgan fingerprint density at radius 2 is 1.77 bits per heavy atom. The molecule has 1 spiro atoms. The molecule has 0 saturated carbocycles. The highest BCUT2D eigenvalue weighted by atomic mass is 16.6. The molecule has 0 radical (unpaired) electrons. The van der Waals surface area contributed by atoms with Gasteiger partial charge in [-0.05, 0) is 52.0 Å². The van der Waals surface area contributed by atoms with Crippen LogP contribution < -0.4 is 0 Å². The first-order chi connectivity index (χ1) is 21.1. The third-order valence-electron chi connectivity index (χ3n) is 9.64. The third kappa shape index (κ3) is 5.70. The fraction of sp³-hybridized carbons (Fsp3) is 0.588. The number of fused-ring (bicyclic) bond motifs is 2. The number of carbonyl (C=O) groups excluding carboxylic acids is 4. The number of ether oxygens (including phenoxy) is 2. The Morgan fingerprint density at radius 3 is 2.48 bits per heavy atom. The molecule has 0 unspecified atom stereocenters. The fourth-order valence-corrected chi connectivity index (χ4v) is 7.18. The van der Waals surface area contributed by atoms with Crippen molar-refractivity contribution in [3.05, 3.63) is 60.2 Å². The summed E-state index contributed by atoms with van der Waals surface area (Å²) in [6.45, 7) is 6.47. The average molecular weight is 608 g/mol. The third-order valence-corrected chi connectivity index (χ3v) is 9.64. The van der Waals surface area contributed by atoms with Gasteiger partial charge in [-0.15, -0.1) is 0 Å². The maximum atomic E-state index is 14.4. The molecule has 7 atom stereocenters. The van der Waals surface area contributed by atoms with Crippen molar-refractivity contribution in [2.24, 2.45) is 11.8 Å². The van der Waals surface area contributed by atoms with Crippen LogP contribution in [-0.2, 0) is 28.7 Å². The second-order valence-corrected chi connectivity index (χ2v) is 12.6. The number of likely N-dealkylation sites (N-methyl/N-ethyl adjacent to an activating group) is 1. The number of unbranched alkanes of at least 4 members (excludes halogenated alkanes) is 2. The van der Waals surface area contributed by atoms with Gasteiger partial charge in [-0.3, -0.25) is 19.2 Å². The summed E-state index contributed by atoms with van der Waals surface area (Å²) in [6.07, 6.45) is 8.30. The van der Waals surface area contributed by atoms with Crippen LogP contribution in [-0.4, -0.2) is 100 Å². The van der Waals surface area contributed by atoms with Crippen molar-refractivity contribution in [2.75, 3.05) is 26.7 Å². The van der Waals surface area contributed by atoms with Crippen molar-refractivity contribution in [1.82, 2.24) is 14.7 Å². The highest BCUT2D eigenvalue weighted by molar-refractivity contribution is 5.99. The normalized spacial score (nSPS) is 33.4. The molecular formula is C34H45N3O7. The van der Waals surface area contributed by atoms with Gasteiger partial charge in [0.2, 0.25) is 17.7 Å². The van der Waals surface area contributed by atoms with E-state index in [1.165, 1.54) is 0 Å². The van der Waals surface area contributed by atoms with E-state index in [1.54, 1.807) is 27.8 Å². The van der Waals surface area contributed by atoms with E-state index in [9.17, 15) is 24.3 Å². The van der Waals surface area contributed by atoms with E-state index in [0.717, 1.165) is 5.56 Å². The second-order valence-electron chi connectivity index (χ2n) is 12.6. The van der Waals surface area contributed by atoms with Crippen molar-refractivity contribution in [1.29, 1.82) is 0 Å². The van der Waals surface area contributed by atoms with E-state index < -0.39 is 47.7 Å². The molecule has 2 saturated heterocycles. The number of likely N-dealkylation sites (tertiary alicyclic amines) is 1. The lowest BCUT2D eigenvalue weighted by molar-refractivity contribution is -0.164. The molecule has 4 heterocycles. The predicted molar refractivity (Wildman–Crippen MR) is 163 cm³/mol. The van der Waals surface area contributed by atoms with E-state index in [0.29, 0.717) is 38.8 Å². The molecule has 44 heavy (non-hydrogen) atoms. The van der Waals surface area contributed by atoms with Crippen molar-refractivity contribution < 1.29 is 33.8 Å². The van der Waals surface area contributed by atoms with Gasteiger partial charge in [-0.1, -0.05) is 54.6 Å². The maximum Gasteiger partial charge on any atom is 0.313 e. The number of aliphatic hydroxyl groups is 1. The molecule has 10 nitrogen and oxygen atoms in total. The molecule has 1 N–H and O–H groups in total. The molecule has 5 rings (SSSR count). The number of allylic oxidation sites excluding steroid dienone is 1. The number of hydrogen-bond acceptors (Lipinski definition) is 7. The number of rotatable bonds is 7. The lowest BCUT2D eigenvalue weighted by atomic mass is 9.77. The summed E-state index contributed by atoms with van der Waals surface area (Å²) in [5, 5.41) is 9.29. The SMILES string of the molecule is CC(C)N1CC=C[C@]23O[C@@H]4/C=C\CCC(=O)N(C)[C@H](C)[C@@H](c5ccccc5)OC(=O)[C@@H]4[C@H]2C(=O)N(CCCCCO)[C@@H]3C1=O. The molecular weight excluding hydrogens is 562 g/mol. The van der Waals surface area contributed by atoms with Gasteiger partial charge < -0.3 is 29.3 Å². The molecule has 0 aliphatic carbocycles. The minimum absolute atomic E-state index is 0.0551. The van der Waals surface area contributed by atoms with E-state index >= 15 is 0 Å². The first kappa shape index (κ1) is 31.9. The van der Waals surface area contributed by atoms with Gasteiger partial charge in [0, 0.05) is 39.2 Å². The summed E-state index contributed by atoms with van der Waals surface area (Å²) in [5.74, 6) is -3.13. The standard InChI is InChI=1S/C34H45N3O7/c1-22(2)36-20-13-18-34-28(31(40)37(30(34)32(36)41)19-11-6-12-21-38)27-25(44-34)16-9-10-17-26(39)35(4)23(3)29(43-33(27)42)24-14-7-5-8-15-24/h5,7-9,13-16,18,22-23,25,27-30,38H,6,10-12,17,19-21H2,1-4H3/b16-9-/t23-,25-,27+,28+,29+,30-,34+/m1/s1. The lowest BCUT2D eigenvalue weighted by Gasteiger charge is -2.36. The van der Waals surface area contributed by atoms with E-state index in [4.69, 9.17) is 9.47 Å². The summed E-state index contributed by atoms with van der Waals surface area (Å²) in [4.78, 5) is 61.0. The first-order valence-corrected chi connectivity index (χ1v) is 15.9. The van der Waals surface area contributed by atoms with Crippen molar-refractivity contribution >= 4 is 23.7 Å². The summed E-state index contributed by atoms with van der Waals surface area (Å²) < 4.78 is 13.0. The van der Waals surface area contributed by atoms with Crippen molar-refractivity contribution in [3.63, 3.8) is 0 Å². The Kier molecular flexibility index (Phi) is 9.60. The summed E-state index contributed by atoms with van der Waals surface area (Å²) >= 11 is 0. The number of amides is 3. The highest BCUT2D eigenvalue weighted by Crippen LogP contribution is 2.53. The minimum Gasteiger partial charge on any atom is -0.455 e. The van der Waals surface area contributed by atoms with Crippen LogP contribution in [0.4, 0.5) is 0 Å². The predicted octanol–water partition coefficient (Wildman–Crippen LogP) is 3.02. The van der Waals surface area contributed by atoms with Crippen LogP contribution in [0.25, 0.3) is 0 Å². The van der Waals surface area contributed by atoms with Gasteiger partial charge in [0.05, 0.1) is 18.1 Å². The molecule has 4 aliphatic heterocycles. The number of esters is 1. The molecule has 0 aromatic heterocycles. The van der Waals surface area contributed by atoms with E-state index in [2.05, 4.69) is 0 Å². The molecule has 10 heteroatoms. The van der Waals surface area contributed by atoms with Crippen LogP contribution >= 0.6 is 0 Å². The smallest absolute Gasteiger partial charge is 0.313 e.